The summed E-state index contributed by atoms with van der Waals surface area (Å²) in [5, 5.41) is 9.49. The number of likely N-dealkylation sites (tertiary alicyclic amines) is 1. The second-order valence-corrected chi connectivity index (χ2v) is 5.96. The van der Waals surface area contributed by atoms with E-state index < -0.39 is 0 Å². The molecular weight excluding hydrogens is 284 g/mol. The first-order valence-corrected chi connectivity index (χ1v) is 7.71. The molecule has 8 heteroatoms. The smallest absolute Gasteiger partial charge is 0.167 e. The number of aromatic nitrogens is 4. The zero-order valence-corrected chi connectivity index (χ0v) is 12.3. The molecule has 0 aliphatic carbocycles. The van der Waals surface area contributed by atoms with Crippen LogP contribution in [0.3, 0.4) is 0 Å². The van der Waals surface area contributed by atoms with Gasteiger partial charge < -0.3 is 15.6 Å². The van der Waals surface area contributed by atoms with Gasteiger partial charge in [0.15, 0.2) is 17.7 Å². The van der Waals surface area contributed by atoms with Gasteiger partial charge in [-0.05, 0) is 32.4 Å². The van der Waals surface area contributed by atoms with Crippen LogP contribution in [-0.2, 0) is 4.74 Å². The van der Waals surface area contributed by atoms with Gasteiger partial charge in [0.2, 0.25) is 0 Å². The van der Waals surface area contributed by atoms with Gasteiger partial charge in [-0.2, -0.15) is 0 Å². The van der Waals surface area contributed by atoms with Crippen molar-refractivity contribution in [2.24, 2.45) is 0 Å². The molecule has 0 aromatic carbocycles. The Morgan fingerprint density at radius 3 is 2.86 bits per heavy atom. The SMILES string of the molecule is Nc1ncnc2c1ncn2[C@@H]1O[C@H](CO)C[C@H]1N1CCCC1. The molecule has 4 rings (SSSR count). The van der Waals surface area contributed by atoms with E-state index in [2.05, 4.69) is 19.9 Å². The number of nitrogens with two attached hydrogens (primary N) is 1. The Bertz CT molecular complexity index is 668. The average Bonchev–Trinajstić information content (AvgIpc) is 3.25. The first-order valence-electron chi connectivity index (χ1n) is 7.71. The molecule has 118 valence electrons. The van der Waals surface area contributed by atoms with Crippen molar-refractivity contribution in [2.75, 3.05) is 25.4 Å². The summed E-state index contributed by atoms with van der Waals surface area (Å²) in [7, 11) is 0. The molecule has 0 spiro atoms. The maximum atomic E-state index is 9.49. The van der Waals surface area contributed by atoms with E-state index in [1.807, 2.05) is 4.57 Å². The zero-order valence-electron chi connectivity index (χ0n) is 12.3. The quantitative estimate of drug-likeness (QED) is 0.832. The van der Waals surface area contributed by atoms with Crippen molar-refractivity contribution < 1.29 is 9.84 Å². The Morgan fingerprint density at radius 2 is 2.09 bits per heavy atom. The molecule has 4 heterocycles. The number of aliphatic hydroxyl groups excluding tert-OH is 1. The Labute approximate surface area is 127 Å². The van der Waals surface area contributed by atoms with Crippen LogP contribution in [0.25, 0.3) is 11.2 Å². The lowest BCUT2D eigenvalue weighted by Crippen LogP contribution is -2.37. The first-order chi connectivity index (χ1) is 10.8. The Morgan fingerprint density at radius 1 is 1.27 bits per heavy atom. The summed E-state index contributed by atoms with van der Waals surface area (Å²) in [6, 6.07) is 0.230. The van der Waals surface area contributed by atoms with Gasteiger partial charge in [-0.15, -0.1) is 0 Å². The summed E-state index contributed by atoms with van der Waals surface area (Å²) in [6.07, 6.45) is 6.06. The minimum Gasteiger partial charge on any atom is -0.394 e. The van der Waals surface area contributed by atoms with Gasteiger partial charge in [0.25, 0.3) is 0 Å². The molecule has 2 saturated heterocycles. The summed E-state index contributed by atoms with van der Waals surface area (Å²) in [5.74, 6) is 0.373. The number of hydrogen-bond donors (Lipinski definition) is 2. The summed E-state index contributed by atoms with van der Waals surface area (Å²) in [4.78, 5) is 15.0. The van der Waals surface area contributed by atoms with E-state index in [0.717, 1.165) is 19.5 Å². The molecule has 2 aliphatic heterocycles. The van der Waals surface area contributed by atoms with Crippen molar-refractivity contribution in [1.82, 2.24) is 24.4 Å². The number of anilines is 1. The highest BCUT2D eigenvalue weighted by Crippen LogP contribution is 2.36. The fourth-order valence-corrected chi connectivity index (χ4v) is 3.56. The number of fused-ring (bicyclic) bond motifs is 1. The molecule has 0 radical (unpaired) electrons. The monoisotopic (exact) mass is 304 g/mol. The zero-order chi connectivity index (χ0) is 15.1. The summed E-state index contributed by atoms with van der Waals surface area (Å²) < 4.78 is 7.98. The fraction of sp³-hybridized carbons (Fsp3) is 0.643. The minimum absolute atomic E-state index is 0.0323. The lowest BCUT2D eigenvalue weighted by molar-refractivity contribution is -0.0370. The van der Waals surface area contributed by atoms with Crippen molar-refractivity contribution in [2.45, 2.75) is 37.6 Å². The number of nitrogens with zero attached hydrogens (tertiary/aromatic N) is 5. The highest BCUT2D eigenvalue weighted by Gasteiger charge is 2.41. The lowest BCUT2D eigenvalue weighted by atomic mass is 10.1. The van der Waals surface area contributed by atoms with Crippen molar-refractivity contribution in [1.29, 1.82) is 0 Å². The molecule has 0 saturated carbocycles. The van der Waals surface area contributed by atoms with E-state index in [9.17, 15) is 5.11 Å². The Kier molecular flexibility index (Phi) is 3.44. The van der Waals surface area contributed by atoms with Gasteiger partial charge in [-0.25, -0.2) is 15.0 Å². The van der Waals surface area contributed by atoms with Gasteiger partial charge in [0, 0.05) is 0 Å². The first kappa shape index (κ1) is 13.9. The molecule has 0 bridgehead atoms. The van der Waals surface area contributed by atoms with Crippen LogP contribution in [0.5, 0.6) is 0 Å². The van der Waals surface area contributed by atoms with Crippen LogP contribution in [-0.4, -0.2) is 61.4 Å². The van der Waals surface area contributed by atoms with Crippen LogP contribution in [0.15, 0.2) is 12.7 Å². The number of imidazole rings is 1. The van der Waals surface area contributed by atoms with Crippen molar-refractivity contribution in [3.05, 3.63) is 12.7 Å². The second kappa shape index (κ2) is 5.45. The van der Waals surface area contributed by atoms with Crippen LogP contribution in [0.2, 0.25) is 0 Å². The number of nitrogen functional groups attached to an aromatic ring is 1. The molecule has 2 aromatic heterocycles. The van der Waals surface area contributed by atoms with Gasteiger partial charge in [0.05, 0.1) is 25.1 Å². The van der Waals surface area contributed by atoms with Crippen molar-refractivity contribution in [3.8, 4) is 0 Å². The highest BCUT2D eigenvalue weighted by atomic mass is 16.5. The molecule has 3 N–H and O–H groups in total. The Hall–Kier alpha value is -1.77. The number of hydrogen-bond acceptors (Lipinski definition) is 7. The van der Waals surface area contributed by atoms with Crippen molar-refractivity contribution in [3.63, 3.8) is 0 Å². The van der Waals surface area contributed by atoms with E-state index in [4.69, 9.17) is 10.5 Å². The van der Waals surface area contributed by atoms with Gasteiger partial charge in [-0.3, -0.25) is 9.47 Å². The molecule has 22 heavy (non-hydrogen) atoms. The number of rotatable bonds is 3. The molecule has 8 nitrogen and oxygen atoms in total. The highest BCUT2D eigenvalue weighted by molar-refractivity contribution is 5.81. The molecular formula is C14H20N6O2. The standard InChI is InChI=1S/C14H20N6O2/c15-12-11-13(17-7-16-12)20(8-18-11)14-10(5-9(6-21)22-14)19-3-1-2-4-19/h7-10,14,21H,1-6H2,(H2,15,16,17)/t9-,10+,14+/m0/s1. The largest absolute Gasteiger partial charge is 0.394 e. The maximum Gasteiger partial charge on any atom is 0.167 e. The molecule has 2 fully saturated rings. The van der Waals surface area contributed by atoms with E-state index >= 15 is 0 Å². The third kappa shape index (κ3) is 2.15. The van der Waals surface area contributed by atoms with E-state index in [0.29, 0.717) is 17.0 Å². The molecule has 3 atom stereocenters. The molecule has 0 unspecified atom stereocenters. The fourth-order valence-electron chi connectivity index (χ4n) is 3.56. The van der Waals surface area contributed by atoms with E-state index in [1.165, 1.54) is 19.2 Å². The predicted octanol–water partition coefficient (Wildman–Crippen LogP) is 0.153. The average molecular weight is 304 g/mol. The summed E-state index contributed by atoms with van der Waals surface area (Å²) >= 11 is 0. The predicted molar refractivity (Wildman–Crippen MR) is 79.9 cm³/mol. The topological polar surface area (TPSA) is 102 Å². The van der Waals surface area contributed by atoms with E-state index in [-0.39, 0.29) is 25.0 Å². The van der Waals surface area contributed by atoms with Gasteiger partial charge >= 0.3 is 0 Å². The maximum absolute atomic E-state index is 9.49. The third-order valence-corrected chi connectivity index (χ3v) is 4.64. The lowest BCUT2D eigenvalue weighted by Gasteiger charge is -2.28. The number of aliphatic hydroxyl groups is 1. The van der Waals surface area contributed by atoms with Crippen LogP contribution < -0.4 is 5.73 Å². The van der Waals surface area contributed by atoms with Gasteiger partial charge in [-0.1, -0.05) is 0 Å². The molecule has 0 amide bonds. The third-order valence-electron chi connectivity index (χ3n) is 4.64. The molecule has 2 aromatic rings. The van der Waals surface area contributed by atoms with Gasteiger partial charge in [0.1, 0.15) is 11.8 Å². The van der Waals surface area contributed by atoms with E-state index in [1.54, 1.807) is 6.33 Å². The Balaban J connectivity index is 1.72. The van der Waals surface area contributed by atoms with Crippen LogP contribution in [0.1, 0.15) is 25.5 Å². The van der Waals surface area contributed by atoms with Crippen LogP contribution in [0, 0.1) is 0 Å². The van der Waals surface area contributed by atoms with Crippen molar-refractivity contribution >= 4 is 17.0 Å². The van der Waals surface area contributed by atoms with Crippen LogP contribution >= 0.6 is 0 Å². The summed E-state index contributed by atoms with van der Waals surface area (Å²) in [5.41, 5.74) is 7.14. The minimum atomic E-state index is -0.199. The van der Waals surface area contributed by atoms with Crippen LogP contribution in [0.4, 0.5) is 5.82 Å². The second-order valence-electron chi connectivity index (χ2n) is 5.96. The molecule has 2 aliphatic rings. The summed E-state index contributed by atoms with van der Waals surface area (Å²) in [6.45, 7) is 2.18. The number of ether oxygens (including phenoxy) is 1. The normalized spacial score (nSPS) is 29.6.